The van der Waals surface area contributed by atoms with Gasteiger partial charge in [-0.25, -0.2) is 9.78 Å². The van der Waals surface area contributed by atoms with Crippen LogP contribution < -0.4 is 5.73 Å². The average Bonchev–Trinajstić information content (AvgIpc) is 2.53. The molecule has 1 aromatic heterocycles. The topological polar surface area (TPSA) is 95.2 Å². The molecule has 6 heteroatoms. The predicted octanol–water partition coefficient (Wildman–Crippen LogP) is 0.241. The fraction of sp³-hybridized carbons (Fsp3) is 0.333. The van der Waals surface area contributed by atoms with Gasteiger partial charge in [-0.1, -0.05) is 0 Å². The molecule has 0 bridgehead atoms. The monoisotopic (exact) mass is 170 g/mol. The molecule has 12 heavy (non-hydrogen) atoms. The summed E-state index contributed by atoms with van der Waals surface area (Å²) in [6.07, 6.45) is 3.13. The summed E-state index contributed by atoms with van der Waals surface area (Å²) in [6, 6.07) is -1.46. The Kier molecular flexibility index (Phi) is 2.29. The molecule has 1 atom stereocenters. The molecular weight excluding hydrogens is 160 g/mol. The Morgan fingerprint density at radius 2 is 2.58 bits per heavy atom. The Hall–Kier alpha value is -1.56. The summed E-state index contributed by atoms with van der Waals surface area (Å²) in [5.41, 5.74) is 4.84. The lowest BCUT2D eigenvalue weighted by atomic mass is 10.3. The Morgan fingerprint density at radius 1 is 1.92 bits per heavy atom. The van der Waals surface area contributed by atoms with E-state index in [9.17, 15) is 4.79 Å². The van der Waals surface area contributed by atoms with Crippen molar-refractivity contribution in [3.05, 3.63) is 18.2 Å². The van der Waals surface area contributed by atoms with Crippen molar-refractivity contribution in [1.29, 1.82) is 0 Å². The molecule has 0 saturated carbocycles. The molecule has 2 amide bonds. The Labute approximate surface area is 69.0 Å². The molecular formula is C6H10N4O2. The first-order valence-corrected chi connectivity index (χ1v) is 3.39. The van der Waals surface area contributed by atoms with E-state index in [-0.39, 0.29) is 0 Å². The highest BCUT2D eigenvalue weighted by molar-refractivity contribution is 5.70. The van der Waals surface area contributed by atoms with E-state index in [2.05, 4.69) is 9.97 Å². The molecule has 66 valence electrons. The zero-order valence-electron chi connectivity index (χ0n) is 6.56. The number of H-pyrrole nitrogens is 1. The summed E-state index contributed by atoms with van der Waals surface area (Å²) in [4.78, 5) is 17.1. The molecule has 1 aromatic rings. The van der Waals surface area contributed by atoms with Gasteiger partial charge in [0.05, 0.1) is 0 Å². The summed E-state index contributed by atoms with van der Waals surface area (Å²) < 4.78 is 0. The van der Waals surface area contributed by atoms with Crippen molar-refractivity contribution in [2.24, 2.45) is 5.73 Å². The van der Waals surface area contributed by atoms with Gasteiger partial charge in [-0.2, -0.15) is 5.06 Å². The van der Waals surface area contributed by atoms with Crippen LogP contribution in [0.3, 0.4) is 0 Å². The third kappa shape index (κ3) is 1.54. The van der Waals surface area contributed by atoms with Gasteiger partial charge in [0.1, 0.15) is 11.9 Å². The predicted molar refractivity (Wildman–Crippen MR) is 40.2 cm³/mol. The quantitative estimate of drug-likeness (QED) is 0.438. The number of aromatic amines is 1. The highest BCUT2D eigenvalue weighted by Gasteiger charge is 2.18. The van der Waals surface area contributed by atoms with Gasteiger partial charge >= 0.3 is 6.03 Å². The Morgan fingerprint density at radius 3 is 3.00 bits per heavy atom. The highest BCUT2D eigenvalue weighted by atomic mass is 16.5. The van der Waals surface area contributed by atoms with Crippen molar-refractivity contribution < 1.29 is 10.0 Å². The molecule has 0 spiro atoms. The lowest BCUT2D eigenvalue weighted by molar-refractivity contribution is -0.0731. The summed E-state index contributed by atoms with van der Waals surface area (Å²) in [5.74, 6) is 0.483. The first-order chi connectivity index (χ1) is 5.63. The second-order valence-electron chi connectivity index (χ2n) is 2.33. The average molecular weight is 170 g/mol. The first kappa shape index (κ1) is 8.54. The van der Waals surface area contributed by atoms with Gasteiger partial charge in [-0.3, -0.25) is 5.21 Å². The van der Waals surface area contributed by atoms with Crippen LogP contribution in [0.25, 0.3) is 0 Å². The second-order valence-corrected chi connectivity index (χ2v) is 2.33. The van der Waals surface area contributed by atoms with E-state index in [0.717, 1.165) is 0 Å². The molecule has 1 unspecified atom stereocenters. The van der Waals surface area contributed by atoms with Gasteiger partial charge in [-0.15, -0.1) is 0 Å². The summed E-state index contributed by atoms with van der Waals surface area (Å²) in [5, 5.41) is 9.48. The van der Waals surface area contributed by atoms with Crippen molar-refractivity contribution in [3.63, 3.8) is 0 Å². The van der Waals surface area contributed by atoms with Crippen LogP contribution in [0.1, 0.15) is 18.8 Å². The largest absolute Gasteiger partial charge is 0.350 e. The van der Waals surface area contributed by atoms with Gasteiger partial charge < -0.3 is 10.7 Å². The first-order valence-electron chi connectivity index (χ1n) is 3.39. The standard InChI is InChI=1S/C6H10N4O2/c1-4(10(12)6(7)11)5-8-2-3-9-5/h2-4,12H,1H3,(H2,7,11)(H,8,9). The Bertz CT molecular complexity index is 259. The maximum atomic E-state index is 10.5. The minimum absolute atomic E-state index is 0.416. The summed E-state index contributed by atoms with van der Waals surface area (Å²) in [6.45, 7) is 1.60. The molecule has 6 nitrogen and oxygen atoms in total. The van der Waals surface area contributed by atoms with Crippen molar-refractivity contribution in [2.45, 2.75) is 13.0 Å². The SMILES string of the molecule is CC(c1ncc[nH]1)N(O)C(N)=O. The normalized spacial score (nSPS) is 12.5. The maximum absolute atomic E-state index is 10.5. The van der Waals surface area contributed by atoms with Crippen LogP contribution in [0.15, 0.2) is 12.4 Å². The number of rotatable bonds is 2. The Balaban J connectivity index is 2.71. The van der Waals surface area contributed by atoms with E-state index in [4.69, 9.17) is 10.9 Å². The molecule has 0 aromatic carbocycles. The zero-order valence-corrected chi connectivity index (χ0v) is 6.56. The van der Waals surface area contributed by atoms with Gasteiger partial charge in [0.25, 0.3) is 0 Å². The van der Waals surface area contributed by atoms with Crippen LogP contribution in [0.4, 0.5) is 4.79 Å². The van der Waals surface area contributed by atoms with Gasteiger partial charge in [0.2, 0.25) is 0 Å². The maximum Gasteiger partial charge on any atom is 0.339 e. The molecule has 0 aliphatic heterocycles. The van der Waals surface area contributed by atoms with Crippen molar-refractivity contribution in [3.8, 4) is 0 Å². The third-order valence-electron chi connectivity index (χ3n) is 1.51. The molecule has 0 saturated heterocycles. The van der Waals surface area contributed by atoms with Gasteiger partial charge in [-0.05, 0) is 6.92 Å². The molecule has 0 aliphatic carbocycles. The molecule has 0 radical (unpaired) electrons. The number of carbonyl (C=O) groups is 1. The number of hydroxylamine groups is 2. The lowest BCUT2D eigenvalue weighted by Crippen LogP contribution is -2.35. The van der Waals surface area contributed by atoms with Gasteiger partial charge in [0, 0.05) is 12.4 Å². The van der Waals surface area contributed by atoms with Crippen LogP contribution in [-0.2, 0) is 0 Å². The number of imidazole rings is 1. The van der Waals surface area contributed by atoms with E-state index in [1.165, 1.54) is 6.20 Å². The summed E-state index contributed by atoms with van der Waals surface area (Å²) >= 11 is 0. The number of urea groups is 1. The minimum Gasteiger partial charge on any atom is -0.350 e. The van der Waals surface area contributed by atoms with E-state index in [0.29, 0.717) is 10.9 Å². The number of carbonyl (C=O) groups excluding carboxylic acids is 1. The van der Waals surface area contributed by atoms with E-state index >= 15 is 0 Å². The van der Waals surface area contributed by atoms with Crippen LogP contribution >= 0.6 is 0 Å². The van der Waals surface area contributed by atoms with Crippen LogP contribution in [0.2, 0.25) is 0 Å². The smallest absolute Gasteiger partial charge is 0.339 e. The van der Waals surface area contributed by atoms with E-state index in [1.54, 1.807) is 13.1 Å². The number of hydrogen-bond acceptors (Lipinski definition) is 3. The number of nitrogens with two attached hydrogens (primary N) is 1. The third-order valence-corrected chi connectivity index (χ3v) is 1.51. The van der Waals surface area contributed by atoms with E-state index < -0.39 is 12.1 Å². The number of hydrogen-bond donors (Lipinski definition) is 3. The number of primary amides is 1. The molecule has 1 heterocycles. The summed E-state index contributed by atoms with van der Waals surface area (Å²) in [7, 11) is 0. The molecule has 1 rings (SSSR count). The number of amides is 2. The number of nitrogens with one attached hydrogen (secondary N) is 1. The highest BCUT2D eigenvalue weighted by Crippen LogP contribution is 2.12. The van der Waals surface area contributed by atoms with Gasteiger partial charge in [0.15, 0.2) is 0 Å². The minimum atomic E-state index is -0.904. The van der Waals surface area contributed by atoms with E-state index in [1.807, 2.05) is 0 Å². The van der Waals surface area contributed by atoms with Crippen LogP contribution in [-0.4, -0.2) is 26.3 Å². The fourth-order valence-corrected chi connectivity index (χ4v) is 0.813. The van der Waals surface area contributed by atoms with Crippen molar-refractivity contribution in [2.75, 3.05) is 0 Å². The van der Waals surface area contributed by atoms with Crippen LogP contribution in [0.5, 0.6) is 0 Å². The lowest BCUT2D eigenvalue weighted by Gasteiger charge is -2.17. The second kappa shape index (κ2) is 3.22. The fourth-order valence-electron chi connectivity index (χ4n) is 0.813. The molecule has 0 fully saturated rings. The number of aromatic nitrogens is 2. The molecule has 0 aliphatic rings. The van der Waals surface area contributed by atoms with Crippen molar-refractivity contribution >= 4 is 6.03 Å². The zero-order chi connectivity index (χ0) is 9.14. The molecule has 4 N–H and O–H groups in total. The number of nitrogens with zero attached hydrogens (tertiary/aromatic N) is 2. The van der Waals surface area contributed by atoms with Crippen molar-refractivity contribution in [1.82, 2.24) is 15.0 Å². The van der Waals surface area contributed by atoms with Crippen LogP contribution in [0, 0.1) is 0 Å².